The third-order valence-corrected chi connectivity index (χ3v) is 2.49. The van der Waals surface area contributed by atoms with E-state index < -0.39 is 5.76 Å². The Morgan fingerprint density at radius 1 is 1.53 bits per heavy atom. The van der Waals surface area contributed by atoms with Crippen LogP contribution >= 0.6 is 15.9 Å². The molecule has 0 bridgehead atoms. The van der Waals surface area contributed by atoms with E-state index in [9.17, 15) is 4.79 Å². The van der Waals surface area contributed by atoms with Crippen molar-refractivity contribution in [3.05, 3.63) is 33.2 Å². The molecule has 0 saturated carbocycles. The first kappa shape index (κ1) is 9.97. The molecule has 0 aliphatic heterocycles. The van der Waals surface area contributed by atoms with Gasteiger partial charge in [0.1, 0.15) is 5.75 Å². The third-order valence-electron chi connectivity index (χ3n) is 1.87. The SMILES string of the molecule is COc1ccc(-c2noc(=O)[nH]2)cc1Br. The molecule has 15 heavy (non-hydrogen) atoms. The van der Waals surface area contributed by atoms with Crippen LogP contribution in [0.1, 0.15) is 0 Å². The molecule has 0 spiro atoms. The van der Waals surface area contributed by atoms with E-state index in [0.29, 0.717) is 11.6 Å². The van der Waals surface area contributed by atoms with Crippen molar-refractivity contribution in [2.45, 2.75) is 0 Å². The van der Waals surface area contributed by atoms with Gasteiger partial charge in [-0.2, -0.15) is 0 Å². The van der Waals surface area contributed by atoms with Gasteiger partial charge in [-0.15, -0.1) is 0 Å². The summed E-state index contributed by atoms with van der Waals surface area (Å²) in [5, 5.41) is 3.58. The number of ether oxygens (including phenoxy) is 1. The molecular formula is C9H7BrN2O3. The lowest BCUT2D eigenvalue weighted by Gasteiger charge is -2.03. The number of rotatable bonds is 2. The van der Waals surface area contributed by atoms with Crippen LogP contribution < -0.4 is 10.5 Å². The molecule has 2 rings (SSSR count). The van der Waals surface area contributed by atoms with Gasteiger partial charge >= 0.3 is 5.76 Å². The summed E-state index contributed by atoms with van der Waals surface area (Å²) in [7, 11) is 1.58. The fourth-order valence-electron chi connectivity index (χ4n) is 1.17. The Bertz CT molecular complexity index is 532. The van der Waals surface area contributed by atoms with Crippen LogP contribution in [0.3, 0.4) is 0 Å². The summed E-state index contributed by atoms with van der Waals surface area (Å²) in [5.74, 6) is 0.532. The van der Waals surface area contributed by atoms with Crippen LogP contribution in [0.15, 0.2) is 32.0 Å². The lowest BCUT2D eigenvalue weighted by Crippen LogP contribution is -1.95. The molecule has 0 aliphatic carbocycles. The van der Waals surface area contributed by atoms with Gasteiger partial charge in [0.05, 0.1) is 11.6 Å². The minimum Gasteiger partial charge on any atom is -0.496 e. The topological polar surface area (TPSA) is 68.1 Å². The van der Waals surface area contributed by atoms with Crippen molar-refractivity contribution in [2.24, 2.45) is 0 Å². The maximum atomic E-state index is 10.8. The quantitative estimate of drug-likeness (QED) is 0.904. The van der Waals surface area contributed by atoms with Gasteiger partial charge in [-0.05, 0) is 34.1 Å². The summed E-state index contributed by atoms with van der Waals surface area (Å²) in [5.41, 5.74) is 0.744. The number of benzene rings is 1. The Morgan fingerprint density at radius 3 is 2.87 bits per heavy atom. The zero-order valence-corrected chi connectivity index (χ0v) is 9.37. The highest BCUT2D eigenvalue weighted by Crippen LogP contribution is 2.28. The molecule has 0 unspecified atom stereocenters. The second kappa shape index (κ2) is 3.90. The molecule has 1 aromatic heterocycles. The molecule has 1 heterocycles. The molecule has 0 aliphatic rings. The zero-order valence-electron chi connectivity index (χ0n) is 7.78. The Hall–Kier alpha value is -1.56. The molecule has 0 amide bonds. The van der Waals surface area contributed by atoms with Crippen LogP contribution in [0.4, 0.5) is 0 Å². The van der Waals surface area contributed by atoms with Gasteiger partial charge in [0.25, 0.3) is 0 Å². The third kappa shape index (κ3) is 1.94. The number of nitrogens with one attached hydrogen (secondary N) is 1. The van der Waals surface area contributed by atoms with Crippen molar-refractivity contribution in [1.82, 2.24) is 10.1 Å². The Morgan fingerprint density at radius 2 is 2.33 bits per heavy atom. The van der Waals surface area contributed by atoms with Gasteiger partial charge in [-0.1, -0.05) is 5.16 Å². The van der Waals surface area contributed by atoms with Crippen molar-refractivity contribution < 1.29 is 9.26 Å². The fourth-order valence-corrected chi connectivity index (χ4v) is 1.71. The molecule has 0 atom stereocenters. The molecule has 2 aromatic rings. The largest absolute Gasteiger partial charge is 0.496 e. The number of hydrogen-bond donors (Lipinski definition) is 1. The van der Waals surface area contributed by atoms with Crippen molar-refractivity contribution in [3.8, 4) is 17.1 Å². The summed E-state index contributed by atoms with van der Waals surface area (Å²) < 4.78 is 10.3. The summed E-state index contributed by atoms with van der Waals surface area (Å²) in [4.78, 5) is 13.2. The van der Waals surface area contributed by atoms with Gasteiger partial charge in [0.2, 0.25) is 0 Å². The second-order valence-electron chi connectivity index (χ2n) is 2.79. The molecule has 0 saturated heterocycles. The number of aromatic nitrogens is 2. The first-order valence-corrected chi connectivity index (χ1v) is 4.90. The van der Waals surface area contributed by atoms with E-state index in [1.54, 1.807) is 25.3 Å². The number of halogens is 1. The number of nitrogens with zero attached hydrogens (tertiary/aromatic N) is 1. The highest BCUT2D eigenvalue weighted by atomic mass is 79.9. The van der Waals surface area contributed by atoms with E-state index >= 15 is 0 Å². The predicted molar refractivity (Wildman–Crippen MR) is 56.8 cm³/mol. The van der Waals surface area contributed by atoms with E-state index in [0.717, 1.165) is 10.0 Å². The lowest BCUT2D eigenvalue weighted by atomic mass is 10.2. The molecule has 6 heteroatoms. The molecule has 1 aromatic carbocycles. The van der Waals surface area contributed by atoms with Crippen LogP contribution in [-0.4, -0.2) is 17.3 Å². The average molecular weight is 271 g/mol. The van der Waals surface area contributed by atoms with Gasteiger partial charge in [0, 0.05) is 5.56 Å². The number of methoxy groups -OCH3 is 1. The van der Waals surface area contributed by atoms with Crippen molar-refractivity contribution in [3.63, 3.8) is 0 Å². The van der Waals surface area contributed by atoms with Crippen LogP contribution in [0.5, 0.6) is 5.75 Å². The van der Waals surface area contributed by atoms with Crippen LogP contribution in [-0.2, 0) is 0 Å². The molecule has 78 valence electrons. The minimum absolute atomic E-state index is 0.392. The van der Waals surface area contributed by atoms with E-state index in [1.165, 1.54) is 0 Å². The molecule has 5 nitrogen and oxygen atoms in total. The van der Waals surface area contributed by atoms with Crippen LogP contribution in [0.25, 0.3) is 11.4 Å². The van der Waals surface area contributed by atoms with E-state index in [1.807, 2.05) is 0 Å². The van der Waals surface area contributed by atoms with Crippen LogP contribution in [0.2, 0.25) is 0 Å². The first-order chi connectivity index (χ1) is 7.20. The molecular weight excluding hydrogens is 264 g/mol. The number of hydrogen-bond acceptors (Lipinski definition) is 4. The summed E-state index contributed by atoms with van der Waals surface area (Å²) in [6, 6.07) is 5.33. The Kier molecular flexibility index (Phi) is 2.59. The highest BCUT2D eigenvalue weighted by molar-refractivity contribution is 9.10. The lowest BCUT2D eigenvalue weighted by molar-refractivity contribution is 0.388. The molecule has 0 radical (unpaired) electrons. The smallest absolute Gasteiger partial charge is 0.439 e. The standard InChI is InChI=1S/C9H7BrN2O3/c1-14-7-3-2-5(4-6(7)10)8-11-9(13)15-12-8/h2-4H,1H3,(H,11,12,13). The Balaban J connectivity index is 2.46. The van der Waals surface area contributed by atoms with Gasteiger partial charge in [0.15, 0.2) is 5.82 Å². The first-order valence-electron chi connectivity index (χ1n) is 4.10. The van der Waals surface area contributed by atoms with E-state index in [-0.39, 0.29) is 0 Å². The fraction of sp³-hybridized carbons (Fsp3) is 0.111. The normalized spacial score (nSPS) is 10.3. The Labute approximate surface area is 93.2 Å². The van der Waals surface area contributed by atoms with Gasteiger partial charge in [-0.25, -0.2) is 4.79 Å². The minimum atomic E-state index is -0.572. The summed E-state index contributed by atoms with van der Waals surface area (Å²) >= 11 is 3.34. The maximum Gasteiger partial charge on any atom is 0.439 e. The number of aromatic amines is 1. The van der Waals surface area contributed by atoms with Crippen molar-refractivity contribution in [1.29, 1.82) is 0 Å². The van der Waals surface area contributed by atoms with Crippen molar-refractivity contribution >= 4 is 15.9 Å². The van der Waals surface area contributed by atoms with E-state index in [4.69, 9.17) is 4.74 Å². The maximum absolute atomic E-state index is 10.8. The van der Waals surface area contributed by atoms with Crippen molar-refractivity contribution in [2.75, 3.05) is 7.11 Å². The summed E-state index contributed by atoms with van der Waals surface area (Å²) in [6.07, 6.45) is 0. The summed E-state index contributed by atoms with van der Waals surface area (Å²) in [6.45, 7) is 0. The second-order valence-corrected chi connectivity index (χ2v) is 3.65. The van der Waals surface area contributed by atoms with Gasteiger partial charge in [-0.3, -0.25) is 9.51 Å². The van der Waals surface area contributed by atoms with E-state index in [2.05, 4.69) is 30.6 Å². The zero-order chi connectivity index (χ0) is 10.8. The highest BCUT2D eigenvalue weighted by Gasteiger charge is 2.07. The monoisotopic (exact) mass is 270 g/mol. The van der Waals surface area contributed by atoms with Crippen LogP contribution in [0, 0.1) is 0 Å². The predicted octanol–water partition coefficient (Wildman–Crippen LogP) is 1.80. The number of H-pyrrole nitrogens is 1. The van der Waals surface area contributed by atoms with Gasteiger partial charge < -0.3 is 4.74 Å². The molecule has 1 N–H and O–H groups in total. The molecule has 0 fully saturated rings. The average Bonchev–Trinajstić information content (AvgIpc) is 2.65.